The number of nitrogens with one attached hydrogen (secondary N) is 1. The molecule has 200 valence electrons. The molecule has 2 atom stereocenters. The number of oxime groups is 1. The fraction of sp³-hybridized carbons (Fsp3) is 0.318. The fourth-order valence-corrected chi connectivity index (χ4v) is 4.67. The summed E-state index contributed by atoms with van der Waals surface area (Å²) >= 11 is 13.1. The first-order chi connectivity index (χ1) is 17.0. The second kappa shape index (κ2) is 10.5. The van der Waals surface area contributed by atoms with E-state index in [1.54, 1.807) is 22.6 Å². The monoisotopic (exact) mass is 682 g/mol. The van der Waals surface area contributed by atoms with Gasteiger partial charge in [0.15, 0.2) is 0 Å². The third kappa shape index (κ3) is 5.77. The Morgan fingerprint density at radius 2 is 1.81 bits per heavy atom. The van der Waals surface area contributed by atoms with Crippen LogP contribution in [-0.2, 0) is 26.1 Å². The van der Waals surface area contributed by atoms with Crippen LogP contribution in [0.25, 0.3) is 0 Å². The van der Waals surface area contributed by atoms with Gasteiger partial charge in [0.1, 0.15) is 6.04 Å². The lowest BCUT2D eigenvalue weighted by Gasteiger charge is -2.30. The fourth-order valence-electron chi connectivity index (χ4n) is 3.48. The Morgan fingerprint density at radius 3 is 2.35 bits per heavy atom. The first-order valence-corrected chi connectivity index (χ1v) is 11.9. The predicted molar refractivity (Wildman–Crippen MR) is 130 cm³/mol. The molecule has 2 aromatic carbocycles. The van der Waals surface area contributed by atoms with Crippen molar-refractivity contribution in [2.24, 2.45) is 5.16 Å². The third-order valence-electron chi connectivity index (χ3n) is 5.44. The van der Waals surface area contributed by atoms with Gasteiger partial charge in [0.05, 0.1) is 34.0 Å². The molecule has 0 spiro atoms. The molecule has 3 rings (SSSR count). The molecule has 1 aliphatic rings. The zero-order valence-corrected chi connectivity index (χ0v) is 22.3. The summed E-state index contributed by atoms with van der Waals surface area (Å²) in [6.45, 7) is 1.40. The van der Waals surface area contributed by atoms with E-state index >= 15 is 0 Å². The lowest BCUT2D eigenvalue weighted by Crippen LogP contribution is -2.43. The molecule has 2 aromatic rings. The Balaban J connectivity index is 1.96. The first kappa shape index (κ1) is 29.3. The molecule has 1 unspecified atom stereocenters. The van der Waals surface area contributed by atoms with Crippen LogP contribution in [0.1, 0.15) is 40.4 Å². The van der Waals surface area contributed by atoms with Crippen LogP contribution >= 0.6 is 45.8 Å². The quantitative estimate of drug-likeness (QED) is 0.222. The van der Waals surface area contributed by atoms with Gasteiger partial charge in [-0.1, -0.05) is 34.4 Å². The molecule has 15 heteroatoms. The van der Waals surface area contributed by atoms with Crippen LogP contribution in [0.3, 0.4) is 0 Å². The summed E-state index contributed by atoms with van der Waals surface area (Å²) in [4.78, 5) is 28.8. The number of alkyl halides is 6. The molecule has 1 N–H and O–H groups in total. The van der Waals surface area contributed by atoms with E-state index in [1.165, 1.54) is 25.1 Å². The Hall–Kier alpha value is -2.26. The number of amides is 1. The first-order valence-electron chi connectivity index (χ1n) is 10.1. The molecule has 0 radical (unpaired) electrons. The van der Waals surface area contributed by atoms with Gasteiger partial charge in [-0.25, -0.2) is 4.79 Å². The van der Waals surface area contributed by atoms with Crippen LogP contribution in [0.5, 0.6) is 0 Å². The minimum Gasteiger partial charge on any atom is -0.467 e. The number of benzene rings is 2. The highest BCUT2D eigenvalue weighted by Gasteiger charge is 2.63. The van der Waals surface area contributed by atoms with E-state index in [4.69, 9.17) is 28.0 Å². The van der Waals surface area contributed by atoms with Gasteiger partial charge in [-0.2, -0.15) is 26.3 Å². The minimum atomic E-state index is -5.20. The van der Waals surface area contributed by atoms with Crippen molar-refractivity contribution in [1.29, 1.82) is 0 Å². The van der Waals surface area contributed by atoms with E-state index in [0.717, 1.165) is 7.11 Å². The van der Waals surface area contributed by atoms with E-state index in [2.05, 4.69) is 15.2 Å². The second-order valence-electron chi connectivity index (χ2n) is 7.86. The van der Waals surface area contributed by atoms with Gasteiger partial charge in [-0.15, -0.1) is 0 Å². The maximum absolute atomic E-state index is 14.3. The molecule has 1 aliphatic heterocycles. The van der Waals surface area contributed by atoms with E-state index in [-0.39, 0.29) is 22.9 Å². The molecule has 0 saturated heterocycles. The number of methoxy groups -OCH3 is 1. The van der Waals surface area contributed by atoms with E-state index in [0.29, 0.717) is 9.64 Å². The van der Waals surface area contributed by atoms with E-state index in [9.17, 15) is 35.9 Å². The summed E-state index contributed by atoms with van der Waals surface area (Å²) in [5.41, 5.74) is -5.74. The number of nitrogens with zero attached hydrogens (tertiary/aromatic N) is 1. The Bertz CT molecular complexity index is 1290. The Labute approximate surface area is 229 Å². The van der Waals surface area contributed by atoms with E-state index in [1.807, 2.05) is 0 Å². The average Bonchev–Trinajstić information content (AvgIpc) is 3.26. The molecule has 37 heavy (non-hydrogen) atoms. The van der Waals surface area contributed by atoms with Gasteiger partial charge in [0.25, 0.3) is 11.5 Å². The summed E-state index contributed by atoms with van der Waals surface area (Å²) < 4.78 is 87.8. The van der Waals surface area contributed by atoms with Crippen molar-refractivity contribution in [1.82, 2.24) is 5.32 Å². The standard InChI is InChI=1S/C22H15Cl2F6IN2O4/c1-9(19(35)36-2)32-18(34)12-4-3-10(5-15(12)31)16-8-20(37-33-16,22(28,29)30)11-6-13(21(25,26)27)17(24)14(23)7-11/h3-7,9H,8H2,1-2H3,(H,32,34)/t9-,20?/m0/s1. The summed E-state index contributed by atoms with van der Waals surface area (Å²) in [6.07, 6.45) is -11.3. The zero-order valence-electron chi connectivity index (χ0n) is 18.7. The van der Waals surface area contributed by atoms with Gasteiger partial charge in [-0.3, -0.25) is 4.79 Å². The van der Waals surface area contributed by atoms with Crippen LogP contribution in [0.4, 0.5) is 26.3 Å². The highest BCUT2D eigenvalue weighted by atomic mass is 127. The molecular weight excluding hydrogens is 668 g/mol. The smallest absolute Gasteiger partial charge is 0.435 e. The maximum atomic E-state index is 14.3. The Kier molecular flexibility index (Phi) is 8.30. The SMILES string of the molecule is COC(=O)[C@H](C)NC(=O)c1ccc(C2=NOC(c3cc(Cl)c(Cl)c(C(F)(F)F)c3)(C(F)(F)F)C2)cc1I. The molecule has 0 aliphatic carbocycles. The van der Waals surface area contributed by atoms with Crippen molar-refractivity contribution >= 4 is 63.4 Å². The van der Waals surface area contributed by atoms with Crippen molar-refractivity contribution in [3.8, 4) is 0 Å². The highest BCUT2D eigenvalue weighted by molar-refractivity contribution is 14.1. The molecular formula is C22H15Cl2F6IN2O4. The molecule has 1 heterocycles. The highest BCUT2D eigenvalue weighted by Crippen LogP contribution is 2.51. The summed E-state index contributed by atoms with van der Waals surface area (Å²) in [5, 5.41) is 4.26. The van der Waals surface area contributed by atoms with E-state index < -0.39 is 63.5 Å². The molecule has 1 amide bonds. The number of hydrogen-bond acceptors (Lipinski definition) is 5. The topological polar surface area (TPSA) is 77.0 Å². The van der Waals surface area contributed by atoms with Crippen LogP contribution in [0.15, 0.2) is 35.5 Å². The van der Waals surface area contributed by atoms with Crippen molar-refractivity contribution < 1.29 is 45.5 Å². The van der Waals surface area contributed by atoms with Crippen molar-refractivity contribution in [2.75, 3.05) is 7.11 Å². The van der Waals surface area contributed by atoms with Crippen molar-refractivity contribution in [3.63, 3.8) is 0 Å². The van der Waals surface area contributed by atoms with Crippen LogP contribution in [0, 0.1) is 3.57 Å². The van der Waals surface area contributed by atoms with Crippen molar-refractivity contribution in [3.05, 3.63) is 66.2 Å². The summed E-state index contributed by atoms with van der Waals surface area (Å²) in [5.74, 6) is -1.32. The van der Waals surface area contributed by atoms with Crippen LogP contribution < -0.4 is 5.32 Å². The predicted octanol–water partition coefficient (Wildman–Crippen LogP) is 6.49. The zero-order chi connectivity index (χ0) is 27.9. The lowest BCUT2D eigenvalue weighted by molar-refractivity contribution is -0.276. The number of hydrogen-bond donors (Lipinski definition) is 1. The van der Waals surface area contributed by atoms with Gasteiger partial charge in [-0.05, 0) is 53.8 Å². The maximum Gasteiger partial charge on any atom is 0.435 e. The average molecular weight is 683 g/mol. The number of halogens is 9. The number of rotatable bonds is 5. The number of esters is 1. The molecule has 0 saturated carbocycles. The molecule has 0 bridgehead atoms. The van der Waals surface area contributed by atoms with Gasteiger partial charge < -0.3 is 14.9 Å². The number of ether oxygens (including phenoxy) is 1. The summed E-state index contributed by atoms with van der Waals surface area (Å²) in [7, 11) is 1.15. The lowest BCUT2D eigenvalue weighted by atomic mass is 9.85. The van der Waals surface area contributed by atoms with Crippen molar-refractivity contribution in [2.45, 2.75) is 37.3 Å². The minimum absolute atomic E-state index is 0.112. The summed E-state index contributed by atoms with van der Waals surface area (Å²) in [6, 6.07) is 3.88. The van der Waals surface area contributed by atoms with Gasteiger partial charge in [0.2, 0.25) is 0 Å². The number of carbonyl (C=O) groups is 2. The number of carbonyl (C=O) groups excluding carboxylic acids is 2. The largest absolute Gasteiger partial charge is 0.467 e. The third-order valence-corrected chi connectivity index (χ3v) is 7.13. The Morgan fingerprint density at radius 1 is 1.16 bits per heavy atom. The molecule has 0 fully saturated rings. The second-order valence-corrected chi connectivity index (χ2v) is 9.81. The van der Waals surface area contributed by atoms with Crippen LogP contribution in [-0.4, -0.2) is 36.9 Å². The van der Waals surface area contributed by atoms with Gasteiger partial charge in [0, 0.05) is 21.1 Å². The molecule has 6 nitrogen and oxygen atoms in total. The normalized spacial score (nSPS) is 18.6. The van der Waals surface area contributed by atoms with Crippen LogP contribution in [0.2, 0.25) is 10.0 Å². The van der Waals surface area contributed by atoms with Gasteiger partial charge >= 0.3 is 18.3 Å². The molecule has 0 aromatic heterocycles.